The molecule has 0 unspecified atom stereocenters. The number of nitrogens with one attached hydrogen (secondary N) is 2. The maximum absolute atomic E-state index is 14.8. The first-order valence-corrected chi connectivity index (χ1v) is 11.7. The molecule has 218 valence electrons. The van der Waals surface area contributed by atoms with Gasteiger partial charge in [-0.2, -0.15) is 39.5 Å². The number of nitrogens with zero attached hydrogens (tertiary/aromatic N) is 1. The summed E-state index contributed by atoms with van der Waals surface area (Å²) in [7, 11) is 0. The van der Waals surface area contributed by atoms with Crippen molar-refractivity contribution >= 4 is 33.5 Å². The van der Waals surface area contributed by atoms with E-state index in [0.717, 1.165) is 12.1 Å². The molecule has 2 N–H and O–H groups in total. The van der Waals surface area contributed by atoms with Gasteiger partial charge in [-0.1, -0.05) is 11.2 Å². The Bertz CT molecular complexity index is 1360. The van der Waals surface area contributed by atoms with E-state index in [2.05, 4.69) is 31.2 Å². The van der Waals surface area contributed by atoms with Crippen LogP contribution in [-0.2, 0) is 21.4 Å². The number of hydrogen-bond donors (Lipinski definition) is 2. The molecular formula is C23H16BrF10N3O3. The summed E-state index contributed by atoms with van der Waals surface area (Å²) in [5, 5.41) is 7.01. The number of carbonyl (C=O) groups is 2. The van der Waals surface area contributed by atoms with Crippen LogP contribution in [0.4, 0.5) is 43.9 Å². The van der Waals surface area contributed by atoms with Crippen LogP contribution in [0.2, 0.25) is 0 Å². The molecule has 2 aromatic rings. The van der Waals surface area contributed by atoms with Crippen molar-refractivity contribution in [2.75, 3.05) is 13.1 Å². The Morgan fingerprint density at radius 3 is 2.23 bits per heavy atom. The predicted molar refractivity (Wildman–Crippen MR) is 122 cm³/mol. The van der Waals surface area contributed by atoms with E-state index in [1.165, 1.54) is 13.0 Å². The molecule has 1 atom stereocenters. The molecule has 2 aromatic carbocycles. The Kier molecular flexibility index (Phi) is 8.49. The zero-order chi connectivity index (χ0) is 30.3. The minimum absolute atomic E-state index is 0.00437. The molecule has 2 amide bonds. The molecule has 0 aromatic heterocycles. The van der Waals surface area contributed by atoms with Crippen molar-refractivity contribution in [2.45, 2.75) is 37.5 Å². The second-order valence-corrected chi connectivity index (χ2v) is 9.41. The lowest BCUT2D eigenvalue weighted by molar-refractivity contribution is -0.277. The van der Waals surface area contributed by atoms with Gasteiger partial charge in [0.25, 0.3) is 11.5 Å². The average Bonchev–Trinajstić information content (AvgIpc) is 3.28. The minimum atomic E-state index is -5.43. The Balaban J connectivity index is 1.85. The van der Waals surface area contributed by atoms with E-state index in [0.29, 0.717) is 0 Å². The zero-order valence-electron chi connectivity index (χ0n) is 19.8. The van der Waals surface area contributed by atoms with Crippen molar-refractivity contribution in [3.63, 3.8) is 0 Å². The summed E-state index contributed by atoms with van der Waals surface area (Å²) < 4.78 is 133. The fourth-order valence-electron chi connectivity index (χ4n) is 3.70. The Morgan fingerprint density at radius 1 is 1.02 bits per heavy atom. The van der Waals surface area contributed by atoms with E-state index >= 15 is 0 Å². The van der Waals surface area contributed by atoms with Gasteiger partial charge in [0.1, 0.15) is 12.4 Å². The first-order valence-electron chi connectivity index (χ1n) is 10.9. The topological polar surface area (TPSA) is 79.8 Å². The fraction of sp³-hybridized carbons (Fsp3) is 0.348. The van der Waals surface area contributed by atoms with Crippen LogP contribution in [0.3, 0.4) is 0 Å². The van der Waals surface area contributed by atoms with Crippen LogP contribution in [-0.4, -0.2) is 43.0 Å². The molecule has 0 radical (unpaired) electrons. The van der Waals surface area contributed by atoms with Crippen molar-refractivity contribution in [1.29, 1.82) is 0 Å². The smallest absolute Gasteiger partial charge is 0.374 e. The number of halogens is 11. The monoisotopic (exact) mass is 651 g/mol. The molecular weight excluding hydrogens is 636 g/mol. The van der Waals surface area contributed by atoms with Gasteiger partial charge in [0.05, 0.1) is 28.7 Å². The Labute approximate surface area is 226 Å². The lowest BCUT2D eigenvalue weighted by atomic mass is 9.85. The first-order chi connectivity index (χ1) is 18.2. The number of hydrogen-bond acceptors (Lipinski definition) is 4. The van der Waals surface area contributed by atoms with Crippen molar-refractivity contribution in [2.24, 2.45) is 5.16 Å². The number of amides is 2. The summed E-state index contributed by atoms with van der Waals surface area (Å²) in [5.41, 5.74) is -7.05. The first kappa shape index (κ1) is 31.2. The summed E-state index contributed by atoms with van der Waals surface area (Å²) in [4.78, 5) is 28.5. The van der Waals surface area contributed by atoms with Crippen LogP contribution >= 0.6 is 15.9 Å². The van der Waals surface area contributed by atoms with Crippen LogP contribution in [0.25, 0.3) is 0 Å². The van der Waals surface area contributed by atoms with Gasteiger partial charge in [-0.15, -0.1) is 0 Å². The summed E-state index contributed by atoms with van der Waals surface area (Å²) in [6.45, 7) is -1.07. The molecule has 0 bridgehead atoms. The lowest BCUT2D eigenvalue weighted by Gasteiger charge is -2.30. The number of benzene rings is 2. The molecule has 0 fully saturated rings. The third kappa shape index (κ3) is 6.67. The maximum Gasteiger partial charge on any atom is 0.435 e. The third-order valence-corrected chi connectivity index (χ3v) is 6.25. The maximum atomic E-state index is 14.8. The van der Waals surface area contributed by atoms with Crippen molar-refractivity contribution in [1.82, 2.24) is 10.6 Å². The summed E-state index contributed by atoms with van der Waals surface area (Å²) >= 11 is 2.51. The summed E-state index contributed by atoms with van der Waals surface area (Å²) in [6, 6.07) is 3.71. The quantitative estimate of drug-likeness (QED) is 0.382. The number of aryl methyl sites for hydroxylation is 1. The van der Waals surface area contributed by atoms with E-state index in [1.54, 1.807) is 5.32 Å². The van der Waals surface area contributed by atoms with Gasteiger partial charge < -0.3 is 15.5 Å². The molecule has 6 nitrogen and oxygen atoms in total. The van der Waals surface area contributed by atoms with Crippen LogP contribution in [0.1, 0.15) is 39.0 Å². The Morgan fingerprint density at radius 2 is 1.68 bits per heavy atom. The summed E-state index contributed by atoms with van der Waals surface area (Å²) in [5.74, 6) is -3.66. The molecule has 0 aliphatic carbocycles. The molecule has 0 spiro atoms. The number of carbonyl (C=O) groups excluding carboxylic acids is 2. The Hall–Kier alpha value is -3.37. The normalized spacial score (nSPS) is 17.8. The van der Waals surface area contributed by atoms with Gasteiger partial charge >= 0.3 is 18.5 Å². The van der Waals surface area contributed by atoms with Gasteiger partial charge in [-0.3, -0.25) is 9.59 Å². The SMILES string of the molecule is Cc1cc(C2=NO[C@](c3cc(C(F)(F)F)cc(Br)c3F)(C(F)(F)F)C2)ccc1C(=O)NCC(=O)NCC(F)(F)F. The third-order valence-electron chi connectivity index (χ3n) is 5.68. The van der Waals surface area contributed by atoms with Crippen molar-refractivity contribution in [3.8, 4) is 0 Å². The fourth-order valence-corrected chi connectivity index (χ4v) is 4.16. The highest BCUT2D eigenvalue weighted by molar-refractivity contribution is 9.10. The average molecular weight is 652 g/mol. The molecule has 0 saturated heterocycles. The largest absolute Gasteiger partial charge is 0.435 e. The van der Waals surface area contributed by atoms with Gasteiger partial charge in [-0.05, 0) is 58.2 Å². The van der Waals surface area contributed by atoms with E-state index in [4.69, 9.17) is 0 Å². The van der Waals surface area contributed by atoms with Crippen LogP contribution in [0.5, 0.6) is 0 Å². The zero-order valence-corrected chi connectivity index (χ0v) is 21.4. The molecule has 1 aliphatic heterocycles. The van der Waals surface area contributed by atoms with E-state index < -0.39 is 82.6 Å². The van der Waals surface area contributed by atoms with Gasteiger partial charge in [0.15, 0.2) is 0 Å². The van der Waals surface area contributed by atoms with Gasteiger partial charge in [0, 0.05) is 11.1 Å². The molecule has 3 rings (SSSR count). The van der Waals surface area contributed by atoms with E-state index in [9.17, 15) is 53.5 Å². The van der Waals surface area contributed by atoms with E-state index in [1.807, 2.05) is 0 Å². The van der Waals surface area contributed by atoms with Crippen LogP contribution in [0, 0.1) is 12.7 Å². The summed E-state index contributed by atoms with van der Waals surface area (Å²) in [6.07, 6.45) is -16.4. The predicted octanol–water partition coefficient (Wildman–Crippen LogP) is 5.91. The van der Waals surface area contributed by atoms with Crippen LogP contribution in [0.15, 0.2) is 40.0 Å². The highest BCUT2D eigenvalue weighted by Gasteiger charge is 2.64. The number of rotatable bonds is 6. The molecule has 1 heterocycles. The molecule has 0 saturated carbocycles. The highest BCUT2D eigenvalue weighted by atomic mass is 79.9. The molecule has 1 aliphatic rings. The number of oxime groups is 1. The van der Waals surface area contributed by atoms with Crippen molar-refractivity contribution < 1.29 is 58.3 Å². The molecule has 40 heavy (non-hydrogen) atoms. The standard InChI is InChI=1S/C23H16BrF10N3O3/c1-10-4-11(2-3-13(10)19(39)35-8-17(38)36-9-21(26,27)28)16-7-20(40-37-16,23(32,33)34)14-5-12(22(29,30)31)6-15(24)18(14)25/h2-6H,7-9H2,1H3,(H,35,39)(H,36,38)/t20-/m1/s1. The lowest BCUT2D eigenvalue weighted by Crippen LogP contribution is -2.43. The second kappa shape index (κ2) is 10.9. The second-order valence-electron chi connectivity index (χ2n) is 8.55. The minimum Gasteiger partial charge on any atom is -0.374 e. The van der Waals surface area contributed by atoms with Gasteiger partial charge in [0.2, 0.25) is 5.91 Å². The van der Waals surface area contributed by atoms with Crippen molar-refractivity contribution in [3.05, 3.63) is 68.4 Å². The highest BCUT2D eigenvalue weighted by Crippen LogP contribution is 2.51. The molecule has 17 heteroatoms. The van der Waals surface area contributed by atoms with Crippen LogP contribution < -0.4 is 10.6 Å². The van der Waals surface area contributed by atoms with E-state index in [-0.39, 0.29) is 28.8 Å². The van der Waals surface area contributed by atoms with Gasteiger partial charge in [-0.25, -0.2) is 4.39 Å². The number of alkyl halides is 9.